The highest BCUT2D eigenvalue weighted by Crippen LogP contribution is 2.32. The number of carboxylic acid groups (broad SMARTS) is 1. The molecule has 1 aromatic rings. The summed E-state index contributed by atoms with van der Waals surface area (Å²) in [6, 6.07) is 2.59. The number of carbonyl (C=O) groups is 1. The molecule has 15 heavy (non-hydrogen) atoms. The molecule has 0 bridgehead atoms. The van der Waals surface area contributed by atoms with Crippen molar-refractivity contribution in [2.75, 3.05) is 12.3 Å². The average Bonchev–Trinajstić information content (AvgIpc) is 2.16. The predicted octanol–water partition coefficient (Wildman–Crippen LogP) is 2.19. The van der Waals surface area contributed by atoms with Gasteiger partial charge in [-0.25, -0.2) is 4.79 Å². The van der Waals surface area contributed by atoms with Crippen LogP contribution < -0.4 is 10.5 Å². The molecule has 0 atom stereocenters. The van der Waals surface area contributed by atoms with Crippen LogP contribution >= 0.6 is 11.6 Å². The summed E-state index contributed by atoms with van der Waals surface area (Å²) in [6.07, 6.45) is 1.54. The lowest BCUT2D eigenvalue weighted by Crippen LogP contribution is -2.02. The molecule has 0 aromatic heterocycles. The van der Waals surface area contributed by atoms with Crippen LogP contribution in [0.5, 0.6) is 5.75 Å². The molecule has 0 radical (unpaired) electrons. The third kappa shape index (κ3) is 2.63. The van der Waals surface area contributed by atoms with Crippen molar-refractivity contribution >= 4 is 23.3 Å². The first-order valence-electron chi connectivity index (χ1n) is 4.12. The summed E-state index contributed by atoms with van der Waals surface area (Å²) < 4.78 is 5.18. The summed E-state index contributed by atoms with van der Waals surface area (Å²) in [4.78, 5) is 10.7. The number of benzene rings is 1. The van der Waals surface area contributed by atoms with Crippen molar-refractivity contribution in [1.82, 2.24) is 0 Å². The first-order chi connectivity index (χ1) is 7.06. The molecule has 0 aliphatic carbocycles. The highest BCUT2D eigenvalue weighted by Gasteiger charge is 2.12. The maximum atomic E-state index is 10.7. The van der Waals surface area contributed by atoms with Crippen LogP contribution in [0, 0.1) is 0 Å². The molecule has 0 aliphatic rings. The summed E-state index contributed by atoms with van der Waals surface area (Å²) in [5.74, 6) is -0.805. The van der Waals surface area contributed by atoms with E-state index in [0.29, 0.717) is 0 Å². The van der Waals surface area contributed by atoms with Gasteiger partial charge in [-0.2, -0.15) is 0 Å². The van der Waals surface area contributed by atoms with E-state index in [1.54, 1.807) is 6.08 Å². The Hall–Kier alpha value is -1.68. The molecule has 0 amide bonds. The lowest BCUT2D eigenvalue weighted by atomic mass is 10.2. The van der Waals surface area contributed by atoms with Gasteiger partial charge in [0.25, 0.3) is 0 Å². The number of carboxylic acids is 1. The zero-order chi connectivity index (χ0) is 11.4. The Kier molecular flexibility index (Phi) is 3.57. The van der Waals surface area contributed by atoms with E-state index in [1.165, 1.54) is 12.1 Å². The van der Waals surface area contributed by atoms with Gasteiger partial charge in [0.15, 0.2) is 5.75 Å². The minimum absolute atomic E-state index is 0.0310. The number of nitrogens with two attached hydrogens (primary N) is 1. The second-order valence-corrected chi connectivity index (χ2v) is 3.19. The minimum Gasteiger partial charge on any atom is -0.486 e. The average molecular weight is 228 g/mol. The van der Waals surface area contributed by atoms with Gasteiger partial charge in [-0.05, 0) is 12.1 Å². The number of halogens is 1. The quantitative estimate of drug-likeness (QED) is 0.611. The third-order valence-corrected chi connectivity index (χ3v) is 1.95. The Labute approximate surface area is 91.9 Å². The minimum atomic E-state index is -1.08. The fourth-order valence-corrected chi connectivity index (χ4v) is 1.31. The van der Waals surface area contributed by atoms with Crippen LogP contribution in [-0.4, -0.2) is 17.7 Å². The van der Waals surface area contributed by atoms with Crippen LogP contribution in [0.1, 0.15) is 10.4 Å². The summed E-state index contributed by atoms with van der Waals surface area (Å²) in [5.41, 5.74) is 5.82. The molecule has 0 saturated heterocycles. The lowest BCUT2D eigenvalue weighted by Gasteiger charge is -2.09. The first kappa shape index (κ1) is 11.4. The monoisotopic (exact) mass is 227 g/mol. The van der Waals surface area contributed by atoms with E-state index in [0.717, 1.165) is 0 Å². The van der Waals surface area contributed by atoms with Crippen LogP contribution in [0.4, 0.5) is 5.69 Å². The van der Waals surface area contributed by atoms with E-state index in [1.807, 2.05) is 0 Å². The summed E-state index contributed by atoms with van der Waals surface area (Å²) in [7, 11) is 0. The smallest absolute Gasteiger partial charge is 0.335 e. The number of hydrogen-bond acceptors (Lipinski definition) is 3. The van der Waals surface area contributed by atoms with Crippen LogP contribution in [0.25, 0.3) is 0 Å². The molecule has 1 rings (SSSR count). The molecule has 1 aromatic carbocycles. The lowest BCUT2D eigenvalue weighted by molar-refractivity contribution is 0.0697. The van der Waals surface area contributed by atoms with Gasteiger partial charge in [-0.1, -0.05) is 24.3 Å². The van der Waals surface area contributed by atoms with Crippen molar-refractivity contribution in [3.05, 3.63) is 35.4 Å². The Balaban J connectivity index is 3.09. The largest absolute Gasteiger partial charge is 0.486 e. The SMILES string of the molecule is C=CCOc1c(N)cc(C(=O)O)cc1Cl. The molecule has 0 heterocycles. The van der Waals surface area contributed by atoms with Crippen LogP contribution in [0.3, 0.4) is 0 Å². The number of rotatable bonds is 4. The summed E-state index contributed by atoms with van der Waals surface area (Å²) >= 11 is 5.81. The molecular formula is C10H10ClNO3. The van der Waals surface area contributed by atoms with Crippen molar-refractivity contribution in [2.24, 2.45) is 0 Å². The number of aromatic carboxylic acids is 1. The molecule has 0 unspecified atom stereocenters. The maximum Gasteiger partial charge on any atom is 0.335 e. The zero-order valence-electron chi connectivity index (χ0n) is 7.87. The predicted molar refractivity (Wildman–Crippen MR) is 58.5 cm³/mol. The fourth-order valence-electron chi connectivity index (χ4n) is 1.03. The summed E-state index contributed by atoms with van der Waals surface area (Å²) in [6.45, 7) is 3.74. The topological polar surface area (TPSA) is 72.5 Å². The highest BCUT2D eigenvalue weighted by atomic mass is 35.5. The molecule has 4 nitrogen and oxygen atoms in total. The molecule has 0 aliphatic heterocycles. The van der Waals surface area contributed by atoms with Gasteiger partial charge < -0.3 is 15.6 Å². The number of ether oxygens (including phenoxy) is 1. The van der Waals surface area contributed by atoms with Crippen molar-refractivity contribution in [2.45, 2.75) is 0 Å². The van der Waals surface area contributed by atoms with Gasteiger partial charge in [0, 0.05) is 0 Å². The van der Waals surface area contributed by atoms with Crippen molar-refractivity contribution in [3.63, 3.8) is 0 Å². The van der Waals surface area contributed by atoms with Crippen LogP contribution in [0.2, 0.25) is 5.02 Å². The van der Waals surface area contributed by atoms with E-state index in [-0.39, 0.29) is 28.6 Å². The van der Waals surface area contributed by atoms with E-state index < -0.39 is 5.97 Å². The van der Waals surface area contributed by atoms with Crippen molar-refractivity contribution in [1.29, 1.82) is 0 Å². The maximum absolute atomic E-state index is 10.7. The molecular weight excluding hydrogens is 218 g/mol. The van der Waals surface area contributed by atoms with Gasteiger partial charge in [0.2, 0.25) is 0 Å². The van der Waals surface area contributed by atoms with E-state index >= 15 is 0 Å². The van der Waals surface area contributed by atoms with Gasteiger partial charge in [-0.15, -0.1) is 0 Å². The second-order valence-electron chi connectivity index (χ2n) is 2.78. The van der Waals surface area contributed by atoms with Gasteiger partial charge in [0.05, 0.1) is 16.3 Å². The van der Waals surface area contributed by atoms with E-state index in [2.05, 4.69) is 6.58 Å². The van der Waals surface area contributed by atoms with E-state index in [4.69, 9.17) is 27.2 Å². The normalized spacial score (nSPS) is 9.67. The number of hydrogen-bond donors (Lipinski definition) is 2. The Morgan fingerprint density at radius 1 is 1.67 bits per heavy atom. The van der Waals surface area contributed by atoms with Gasteiger partial charge in [-0.3, -0.25) is 0 Å². The summed E-state index contributed by atoms with van der Waals surface area (Å²) in [5, 5.41) is 8.90. The molecule has 3 N–H and O–H groups in total. The zero-order valence-corrected chi connectivity index (χ0v) is 8.62. The Bertz CT molecular complexity index is 381. The molecule has 80 valence electrons. The number of nitrogen functional groups attached to an aromatic ring is 1. The van der Waals surface area contributed by atoms with E-state index in [9.17, 15) is 4.79 Å². The van der Waals surface area contributed by atoms with Gasteiger partial charge >= 0.3 is 5.97 Å². The third-order valence-electron chi connectivity index (χ3n) is 1.66. The first-order valence-corrected chi connectivity index (χ1v) is 4.50. The molecule has 0 saturated carbocycles. The van der Waals surface area contributed by atoms with Crippen LogP contribution in [-0.2, 0) is 0 Å². The molecule has 0 spiro atoms. The number of anilines is 1. The second kappa shape index (κ2) is 4.70. The standard InChI is InChI=1S/C10H10ClNO3/c1-2-3-15-9-7(11)4-6(10(13)14)5-8(9)12/h2,4-5H,1,3,12H2,(H,13,14). The highest BCUT2D eigenvalue weighted by molar-refractivity contribution is 6.32. The Morgan fingerprint density at radius 2 is 2.33 bits per heavy atom. The Morgan fingerprint density at radius 3 is 2.80 bits per heavy atom. The molecule has 0 fully saturated rings. The van der Waals surface area contributed by atoms with Crippen LogP contribution in [0.15, 0.2) is 24.8 Å². The molecule has 5 heteroatoms. The van der Waals surface area contributed by atoms with Gasteiger partial charge in [0.1, 0.15) is 6.61 Å². The van der Waals surface area contributed by atoms with Crippen molar-refractivity contribution in [3.8, 4) is 5.75 Å². The van der Waals surface area contributed by atoms with Crippen molar-refractivity contribution < 1.29 is 14.6 Å². The fraction of sp³-hybridized carbons (Fsp3) is 0.100.